The maximum Gasteiger partial charge on any atom is 0.227 e. The van der Waals surface area contributed by atoms with Crippen molar-refractivity contribution in [3.8, 4) is 22.8 Å². The van der Waals surface area contributed by atoms with Crippen molar-refractivity contribution >= 4 is 27.6 Å². The minimum atomic E-state index is 0.514. The minimum absolute atomic E-state index is 0.514. The van der Waals surface area contributed by atoms with Crippen molar-refractivity contribution in [2.45, 2.75) is 0 Å². The van der Waals surface area contributed by atoms with Gasteiger partial charge in [0, 0.05) is 23.5 Å². The van der Waals surface area contributed by atoms with Crippen molar-refractivity contribution in [2.24, 2.45) is 0 Å². The SMILES string of the molecule is COc1cccc(-c2ccnc(Nc3ccc(Br)c(OC)c3)n2)c1. The summed E-state index contributed by atoms with van der Waals surface area (Å²) in [5.74, 6) is 2.04. The molecule has 6 heteroatoms. The van der Waals surface area contributed by atoms with E-state index in [-0.39, 0.29) is 0 Å². The van der Waals surface area contributed by atoms with Gasteiger partial charge in [-0.05, 0) is 46.3 Å². The average molecular weight is 386 g/mol. The molecule has 1 aromatic heterocycles. The van der Waals surface area contributed by atoms with Crippen LogP contribution in [-0.2, 0) is 0 Å². The number of halogens is 1. The lowest BCUT2D eigenvalue weighted by Crippen LogP contribution is -1.98. The number of aromatic nitrogens is 2. The smallest absolute Gasteiger partial charge is 0.227 e. The lowest BCUT2D eigenvalue weighted by atomic mass is 10.1. The van der Waals surface area contributed by atoms with Gasteiger partial charge in [0.2, 0.25) is 5.95 Å². The molecule has 1 N–H and O–H groups in total. The highest BCUT2D eigenvalue weighted by Crippen LogP contribution is 2.29. The molecule has 0 aliphatic carbocycles. The Bertz CT molecular complexity index is 855. The van der Waals surface area contributed by atoms with Crippen LogP contribution in [0.3, 0.4) is 0 Å². The molecule has 0 saturated heterocycles. The van der Waals surface area contributed by atoms with Crippen LogP contribution >= 0.6 is 15.9 Å². The van der Waals surface area contributed by atoms with Crippen LogP contribution in [0.5, 0.6) is 11.5 Å². The van der Waals surface area contributed by atoms with Gasteiger partial charge >= 0.3 is 0 Å². The Hall–Kier alpha value is -2.60. The molecular formula is C18H16BrN3O2. The van der Waals surface area contributed by atoms with E-state index in [9.17, 15) is 0 Å². The highest BCUT2D eigenvalue weighted by atomic mass is 79.9. The molecule has 0 radical (unpaired) electrons. The van der Waals surface area contributed by atoms with E-state index in [0.717, 1.165) is 32.9 Å². The summed E-state index contributed by atoms with van der Waals surface area (Å²) in [5, 5.41) is 3.19. The normalized spacial score (nSPS) is 10.3. The number of hydrogen-bond donors (Lipinski definition) is 1. The molecule has 122 valence electrons. The number of nitrogens with zero attached hydrogens (tertiary/aromatic N) is 2. The Morgan fingerprint density at radius 3 is 2.67 bits per heavy atom. The van der Waals surface area contributed by atoms with Crippen molar-refractivity contribution < 1.29 is 9.47 Å². The molecule has 0 amide bonds. The van der Waals surface area contributed by atoms with Crippen molar-refractivity contribution in [1.82, 2.24) is 9.97 Å². The summed E-state index contributed by atoms with van der Waals surface area (Å²) in [6.07, 6.45) is 1.72. The fraction of sp³-hybridized carbons (Fsp3) is 0.111. The van der Waals surface area contributed by atoms with Gasteiger partial charge in [-0.1, -0.05) is 12.1 Å². The maximum atomic E-state index is 5.30. The molecule has 0 aliphatic heterocycles. The molecular weight excluding hydrogens is 370 g/mol. The molecule has 3 rings (SSSR count). The van der Waals surface area contributed by atoms with E-state index in [2.05, 4.69) is 31.2 Å². The largest absolute Gasteiger partial charge is 0.497 e. The van der Waals surface area contributed by atoms with E-state index in [4.69, 9.17) is 9.47 Å². The molecule has 0 unspecified atom stereocenters. The van der Waals surface area contributed by atoms with Crippen molar-refractivity contribution in [2.75, 3.05) is 19.5 Å². The van der Waals surface area contributed by atoms with E-state index in [1.54, 1.807) is 20.4 Å². The monoisotopic (exact) mass is 385 g/mol. The summed E-state index contributed by atoms with van der Waals surface area (Å²) >= 11 is 3.44. The number of hydrogen-bond acceptors (Lipinski definition) is 5. The van der Waals surface area contributed by atoms with Crippen molar-refractivity contribution in [3.63, 3.8) is 0 Å². The van der Waals surface area contributed by atoms with Gasteiger partial charge in [-0.25, -0.2) is 9.97 Å². The number of nitrogens with one attached hydrogen (secondary N) is 1. The number of benzene rings is 2. The molecule has 24 heavy (non-hydrogen) atoms. The van der Waals surface area contributed by atoms with Crippen LogP contribution in [0.2, 0.25) is 0 Å². The highest BCUT2D eigenvalue weighted by Gasteiger charge is 2.06. The lowest BCUT2D eigenvalue weighted by Gasteiger charge is -2.09. The first-order valence-corrected chi connectivity index (χ1v) is 8.07. The second kappa shape index (κ2) is 7.31. The predicted octanol–water partition coefficient (Wildman–Crippen LogP) is 4.67. The standard InChI is InChI=1S/C18H16BrN3O2/c1-23-14-5-3-4-12(10-14)16-8-9-20-18(22-16)21-13-6-7-15(19)17(11-13)24-2/h3-11H,1-2H3,(H,20,21,22). The van der Waals surface area contributed by atoms with Gasteiger partial charge in [-0.15, -0.1) is 0 Å². The van der Waals surface area contributed by atoms with Crippen molar-refractivity contribution in [1.29, 1.82) is 0 Å². The van der Waals surface area contributed by atoms with Crippen LogP contribution < -0.4 is 14.8 Å². The maximum absolute atomic E-state index is 5.30. The van der Waals surface area contributed by atoms with E-state index >= 15 is 0 Å². The summed E-state index contributed by atoms with van der Waals surface area (Å²) in [5.41, 5.74) is 2.63. The van der Waals surface area contributed by atoms with Crippen molar-refractivity contribution in [3.05, 3.63) is 59.2 Å². The van der Waals surface area contributed by atoms with E-state index in [0.29, 0.717) is 5.95 Å². The third kappa shape index (κ3) is 3.65. The van der Waals surface area contributed by atoms with Gasteiger partial charge < -0.3 is 14.8 Å². The van der Waals surface area contributed by atoms with Gasteiger partial charge in [0.25, 0.3) is 0 Å². The van der Waals surface area contributed by atoms with Gasteiger partial charge in [0.1, 0.15) is 11.5 Å². The van der Waals surface area contributed by atoms with Crippen LogP contribution in [0.15, 0.2) is 59.2 Å². The third-order valence-corrected chi connectivity index (χ3v) is 4.08. The second-order valence-corrected chi connectivity index (χ2v) is 5.83. The molecule has 0 bridgehead atoms. The van der Waals surface area contributed by atoms with Crippen LogP contribution in [0, 0.1) is 0 Å². The third-order valence-electron chi connectivity index (χ3n) is 3.43. The average Bonchev–Trinajstić information content (AvgIpc) is 2.63. The zero-order valence-electron chi connectivity index (χ0n) is 13.3. The fourth-order valence-electron chi connectivity index (χ4n) is 2.23. The lowest BCUT2D eigenvalue weighted by molar-refractivity contribution is 0.412. The Balaban J connectivity index is 1.88. The molecule has 3 aromatic rings. The number of ether oxygens (including phenoxy) is 2. The Morgan fingerprint density at radius 1 is 1.00 bits per heavy atom. The van der Waals surface area contributed by atoms with Gasteiger partial charge in [-0.2, -0.15) is 0 Å². The summed E-state index contributed by atoms with van der Waals surface area (Å²) in [6.45, 7) is 0. The Labute approximate surface area is 148 Å². The summed E-state index contributed by atoms with van der Waals surface area (Å²) in [4.78, 5) is 8.84. The van der Waals surface area contributed by atoms with E-state index < -0.39 is 0 Å². The molecule has 0 spiro atoms. The molecule has 0 aliphatic rings. The van der Waals surface area contributed by atoms with Crippen LogP contribution in [0.25, 0.3) is 11.3 Å². The number of rotatable bonds is 5. The van der Waals surface area contributed by atoms with Gasteiger partial charge in [0.05, 0.1) is 24.4 Å². The Kier molecular flexibility index (Phi) is 4.96. The molecule has 0 atom stereocenters. The summed E-state index contributed by atoms with van der Waals surface area (Å²) in [7, 11) is 3.27. The van der Waals surface area contributed by atoms with E-state index in [1.165, 1.54) is 0 Å². The number of anilines is 2. The topological polar surface area (TPSA) is 56.3 Å². The molecule has 5 nitrogen and oxygen atoms in total. The second-order valence-electron chi connectivity index (χ2n) is 4.97. The quantitative estimate of drug-likeness (QED) is 0.691. The van der Waals surface area contributed by atoms with Crippen LogP contribution in [0.4, 0.5) is 11.6 Å². The first-order valence-electron chi connectivity index (χ1n) is 7.27. The first kappa shape index (κ1) is 16.3. The first-order chi connectivity index (χ1) is 11.7. The number of methoxy groups -OCH3 is 2. The molecule has 0 fully saturated rings. The molecule has 1 heterocycles. The molecule has 0 saturated carbocycles. The predicted molar refractivity (Wildman–Crippen MR) is 98.0 cm³/mol. The van der Waals surface area contributed by atoms with Crippen LogP contribution in [0.1, 0.15) is 0 Å². The Morgan fingerprint density at radius 2 is 1.88 bits per heavy atom. The van der Waals surface area contributed by atoms with E-state index in [1.807, 2.05) is 48.5 Å². The summed E-state index contributed by atoms with van der Waals surface area (Å²) < 4.78 is 11.5. The minimum Gasteiger partial charge on any atom is -0.497 e. The van der Waals surface area contributed by atoms with Gasteiger partial charge in [-0.3, -0.25) is 0 Å². The highest BCUT2D eigenvalue weighted by molar-refractivity contribution is 9.10. The van der Waals surface area contributed by atoms with Crippen LogP contribution in [-0.4, -0.2) is 24.2 Å². The zero-order valence-corrected chi connectivity index (χ0v) is 14.9. The summed E-state index contributed by atoms with van der Waals surface area (Å²) in [6, 6.07) is 15.3. The fourth-order valence-corrected chi connectivity index (χ4v) is 2.64. The zero-order chi connectivity index (χ0) is 16.9. The molecule has 2 aromatic carbocycles. The van der Waals surface area contributed by atoms with Gasteiger partial charge in [0.15, 0.2) is 0 Å².